The highest BCUT2D eigenvalue weighted by atomic mass is 35.5. The summed E-state index contributed by atoms with van der Waals surface area (Å²) in [6.45, 7) is 0.926. The van der Waals surface area contributed by atoms with E-state index in [0.29, 0.717) is 29.5 Å². The topological polar surface area (TPSA) is 29.5 Å². The lowest BCUT2D eigenvalue weighted by atomic mass is 10.1. The van der Waals surface area contributed by atoms with Crippen molar-refractivity contribution in [3.8, 4) is 5.75 Å². The van der Waals surface area contributed by atoms with Crippen molar-refractivity contribution in [3.63, 3.8) is 0 Å². The van der Waals surface area contributed by atoms with Crippen molar-refractivity contribution < 1.29 is 9.53 Å². The molecule has 0 spiro atoms. The minimum atomic E-state index is -0.0800. The maximum absolute atomic E-state index is 12.9. The monoisotopic (exact) mass is 365 g/mol. The summed E-state index contributed by atoms with van der Waals surface area (Å²) in [6.07, 6.45) is 0. The summed E-state index contributed by atoms with van der Waals surface area (Å²) < 4.78 is 5.90. The van der Waals surface area contributed by atoms with E-state index in [1.807, 2.05) is 72.8 Å². The van der Waals surface area contributed by atoms with Gasteiger partial charge in [0, 0.05) is 18.6 Å². The van der Waals surface area contributed by atoms with Crippen LogP contribution in [0.4, 0.5) is 0 Å². The highest BCUT2D eigenvalue weighted by Crippen LogP contribution is 2.22. The van der Waals surface area contributed by atoms with Gasteiger partial charge in [-0.3, -0.25) is 4.79 Å². The second kappa shape index (κ2) is 8.54. The molecule has 0 fully saturated rings. The highest BCUT2D eigenvalue weighted by molar-refractivity contribution is 6.30. The highest BCUT2D eigenvalue weighted by Gasteiger charge is 2.17. The summed E-state index contributed by atoms with van der Waals surface area (Å²) in [5.74, 6) is 0.507. The van der Waals surface area contributed by atoms with Crippen LogP contribution < -0.4 is 4.74 Å². The summed E-state index contributed by atoms with van der Waals surface area (Å²) >= 11 is 5.92. The number of hydrogen-bond acceptors (Lipinski definition) is 2. The molecule has 0 saturated carbocycles. The van der Waals surface area contributed by atoms with Crippen molar-refractivity contribution in [2.75, 3.05) is 7.05 Å². The number of amides is 1. The van der Waals surface area contributed by atoms with E-state index in [4.69, 9.17) is 16.3 Å². The van der Waals surface area contributed by atoms with E-state index in [1.54, 1.807) is 18.0 Å². The van der Waals surface area contributed by atoms with E-state index in [0.717, 1.165) is 11.1 Å². The third-order valence-electron chi connectivity index (χ3n) is 4.03. The fourth-order valence-electron chi connectivity index (χ4n) is 2.65. The molecule has 0 N–H and O–H groups in total. The Morgan fingerprint density at radius 3 is 2.27 bits per heavy atom. The molecule has 0 aromatic heterocycles. The van der Waals surface area contributed by atoms with Crippen molar-refractivity contribution in [2.45, 2.75) is 13.2 Å². The predicted octanol–water partition coefficient (Wildman–Crippen LogP) is 5.19. The lowest BCUT2D eigenvalue weighted by Crippen LogP contribution is -2.26. The van der Waals surface area contributed by atoms with E-state index in [2.05, 4.69) is 0 Å². The molecule has 0 saturated heterocycles. The molecule has 0 radical (unpaired) electrons. The van der Waals surface area contributed by atoms with Crippen LogP contribution in [-0.2, 0) is 13.2 Å². The van der Waals surface area contributed by atoms with Crippen LogP contribution in [0.25, 0.3) is 0 Å². The van der Waals surface area contributed by atoms with Gasteiger partial charge in [-0.1, -0.05) is 66.2 Å². The first-order chi connectivity index (χ1) is 12.6. The Labute approximate surface area is 158 Å². The van der Waals surface area contributed by atoms with Gasteiger partial charge in [0.15, 0.2) is 0 Å². The zero-order valence-electron chi connectivity index (χ0n) is 14.6. The van der Waals surface area contributed by atoms with E-state index in [1.165, 1.54) is 0 Å². The fourth-order valence-corrected chi connectivity index (χ4v) is 2.77. The number of para-hydroxylation sites is 1. The van der Waals surface area contributed by atoms with Crippen LogP contribution >= 0.6 is 11.6 Å². The van der Waals surface area contributed by atoms with Crippen molar-refractivity contribution in [3.05, 3.63) is 101 Å². The molecule has 0 unspecified atom stereocenters. The van der Waals surface area contributed by atoms with Crippen LogP contribution in [0.2, 0.25) is 5.02 Å². The third-order valence-corrected chi connectivity index (χ3v) is 4.29. The molecule has 1 amide bonds. The van der Waals surface area contributed by atoms with Crippen LogP contribution in [0.1, 0.15) is 21.5 Å². The third kappa shape index (κ3) is 4.64. The van der Waals surface area contributed by atoms with Crippen LogP contribution in [0, 0.1) is 0 Å². The molecular weight excluding hydrogens is 346 g/mol. The zero-order valence-corrected chi connectivity index (χ0v) is 15.3. The molecule has 132 valence electrons. The van der Waals surface area contributed by atoms with Gasteiger partial charge in [0.05, 0.1) is 5.56 Å². The Hall–Kier alpha value is -2.78. The predicted molar refractivity (Wildman–Crippen MR) is 104 cm³/mol. The van der Waals surface area contributed by atoms with Gasteiger partial charge in [-0.05, 0) is 35.4 Å². The van der Waals surface area contributed by atoms with Gasteiger partial charge in [-0.2, -0.15) is 0 Å². The summed E-state index contributed by atoms with van der Waals surface area (Å²) in [4.78, 5) is 14.5. The van der Waals surface area contributed by atoms with Crippen molar-refractivity contribution in [2.24, 2.45) is 0 Å². The Morgan fingerprint density at radius 1 is 0.885 bits per heavy atom. The van der Waals surface area contributed by atoms with Crippen LogP contribution in [-0.4, -0.2) is 17.9 Å². The number of rotatable bonds is 6. The molecule has 3 aromatic rings. The minimum absolute atomic E-state index is 0.0800. The van der Waals surface area contributed by atoms with Gasteiger partial charge in [0.1, 0.15) is 12.4 Å². The molecule has 26 heavy (non-hydrogen) atoms. The molecule has 0 aliphatic carbocycles. The van der Waals surface area contributed by atoms with E-state index in [9.17, 15) is 4.79 Å². The summed E-state index contributed by atoms with van der Waals surface area (Å²) in [6, 6.07) is 24.7. The van der Waals surface area contributed by atoms with Gasteiger partial charge in [0.2, 0.25) is 0 Å². The number of benzene rings is 3. The van der Waals surface area contributed by atoms with Crippen LogP contribution in [0.3, 0.4) is 0 Å². The van der Waals surface area contributed by atoms with E-state index >= 15 is 0 Å². The SMILES string of the molecule is CN(Cc1ccc(Cl)cc1)C(=O)c1ccccc1OCc1ccccc1. The lowest BCUT2D eigenvalue weighted by Gasteiger charge is -2.19. The van der Waals surface area contributed by atoms with Gasteiger partial charge < -0.3 is 9.64 Å². The van der Waals surface area contributed by atoms with Crippen molar-refractivity contribution in [1.29, 1.82) is 0 Å². The second-order valence-corrected chi connectivity index (χ2v) is 6.49. The second-order valence-electron chi connectivity index (χ2n) is 6.06. The molecule has 3 nitrogen and oxygen atoms in total. The zero-order chi connectivity index (χ0) is 18.4. The molecule has 0 aliphatic rings. The molecule has 0 heterocycles. The molecule has 0 aliphatic heterocycles. The fraction of sp³-hybridized carbons (Fsp3) is 0.136. The smallest absolute Gasteiger partial charge is 0.257 e. The first kappa shape index (κ1) is 18.0. The average molecular weight is 366 g/mol. The number of carbonyl (C=O) groups excluding carboxylic acids is 1. The Morgan fingerprint density at radius 2 is 1.54 bits per heavy atom. The standard InChI is InChI=1S/C22H20ClNO2/c1-24(15-17-11-13-19(23)14-12-17)22(25)20-9-5-6-10-21(20)26-16-18-7-3-2-4-8-18/h2-14H,15-16H2,1H3. The van der Waals surface area contributed by atoms with Crippen LogP contribution in [0.5, 0.6) is 5.75 Å². The largest absolute Gasteiger partial charge is 0.488 e. The minimum Gasteiger partial charge on any atom is -0.488 e. The summed E-state index contributed by atoms with van der Waals surface area (Å²) in [7, 11) is 1.78. The first-order valence-electron chi connectivity index (χ1n) is 8.39. The van der Waals surface area contributed by atoms with Gasteiger partial charge in [-0.25, -0.2) is 0 Å². The van der Waals surface area contributed by atoms with Crippen molar-refractivity contribution >= 4 is 17.5 Å². The quantitative estimate of drug-likeness (QED) is 0.601. The number of halogens is 1. The number of ether oxygens (including phenoxy) is 1. The van der Waals surface area contributed by atoms with E-state index < -0.39 is 0 Å². The maximum Gasteiger partial charge on any atom is 0.257 e. The normalized spacial score (nSPS) is 10.4. The van der Waals surface area contributed by atoms with E-state index in [-0.39, 0.29) is 5.91 Å². The van der Waals surface area contributed by atoms with Gasteiger partial charge >= 0.3 is 0 Å². The van der Waals surface area contributed by atoms with Gasteiger partial charge in [0.25, 0.3) is 5.91 Å². The van der Waals surface area contributed by atoms with Crippen molar-refractivity contribution in [1.82, 2.24) is 4.90 Å². The number of hydrogen-bond donors (Lipinski definition) is 0. The Balaban J connectivity index is 1.71. The van der Waals surface area contributed by atoms with Gasteiger partial charge in [-0.15, -0.1) is 0 Å². The maximum atomic E-state index is 12.9. The number of nitrogens with zero attached hydrogens (tertiary/aromatic N) is 1. The molecule has 0 atom stereocenters. The molecular formula is C22H20ClNO2. The Kier molecular flexibility index (Phi) is 5.92. The first-order valence-corrected chi connectivity index (χ1v) is 8.77. The summed E-state index contributed by atoms with van der Waals surface area (Å²) in [5, 5.41) is 0.683. The molecule has 3 aromatic carbocycles. The lowest BCUT2D eigenvalue weighted by molar-refractivity contribution is 0.0780. The summed E-state index contributed by atoms with van der Waals surface area (Å²) in [5.41, 5.74) is 2.64. The number of carbonyl (C=O) groups is 1. The molecule has 4 heteroatoms. The Bertz CT molecular complexity index is 863. The van der Waals surface area contributed by atoms with Crippen LogP contribution in [0.15, 0.2) is 78.9 Å². The average Bonchev–Trinajstić information content (AvgIpc) is 2.68. The molecule has 3 rings (SSSR count). The molecule has 0 bridgehead atoms.